The van der Waals surface area contributed by atoms with Crippen LogP contribution in [0.25, 0.3) is 0 Å². The van der Waals surface area contributed by atoms with E-state index >= 15 is 0 Å². The van der Waals surface area contributed by atoms with Gasteiger partial charge >= 0.3 is 5.97 Å². The highest BCUT2D eigenvalue weighted by atomic mass is 32.2. The maximum Gasteiger partial charge on any atom is 0.313 e. The van der Waals surface area contributed by atoms with E-state index in [-0.39, 0.29) is 5.75 Å². The van der Waals surface area contributed by atoms with E-state index in [1.54, 1.807) is 0 Å². The molecule has 2 bridgehead atoms. The molecule has 0 amide bonds. The van der Waals surface area contributed by atoms with Crippen molar-refractivity contribution in [3.8, 4) is 0 Å². The fraction of sp³-hybridized carbons (Fsp3) is 0.800. The van der Waals surface area contributed by atoms with Gasteiger partial charge in [-0.25, -0.2) is 0 Å². The number of carboxylic acids is 1. The summed E-state index contributed by atoms with van der Waals surface area (Å²) in [5, 5.41) is 18.3. The predicted octanol–water partition coefficient (Wildman–Crippen LogP) is 2.62. The molecular weight excluding hydrogens is 286 g/mol. The Morgan fingerprint density at radius 3 is 2.67 bits per heavy atom. The largest absolute Gasteiger partial charge is 0.481 e. The van der Waals surface area contributed by atoms with Gasteiger partial charge in [-0.05, 0) is 49.4 Å². The van der Waals surface area contributed by atoms with Crippen LogP contribution in [0.1, 0.15) is 44.5 Å². The van der Waals surface area contributed by atoms with Crippen LogP contribution < -0.4 is 0 Å². The van der Waals surface area contributed by atoms with Crippen molar-refractivity contribution in [3.63, 3.8) is 0 Å². The fourth-order valence-corrected chi connectivity index (χ4v) is 5.57. The highest BCUT2D eigenvalue weighted by Gasteiger charge is 2.66. The number of aliphatic carboxylic acids is 1. The van der Waals surface area contributed by atoms with Crippen LogP contribution in [-0.4, -0.2) is 31.6 Å². The minimum atomic E-state index is -0.789. The molecule has 1 aromatic rings. The Hall–Kier alpha value is -1.04. The summed E-state index contributed by atoms with van der Waals surface area (Å²) in [5.41, 5.74) is 0. The molecule has 4 unspecified atom stereocenters. The highest BCUT2D eigenvalue weighted by Crippen LogP contribution is 2.71. The van der Waals surface area contributed by atoms with E-state index in [0.29, 0.717) is 6.04 Å². The zero-order chi connectivity index (χ0) is 14.6. The van der Waals surface area contributed by atoms with Gasteiger partial charge in [-0.2, -0.15) is 0 Å². The van der Waals surface area contributed by atoms with E-state index in [4.69, 9.17) is 5.11 Å². The first-order valence-electron chi connectivity index (χ1n) is 7.99. The number of carbonyl (C=O) groups is 1. The monoisotopic (exact) mass is 307 g/mol. The molecule has 0 aromatic carbocycles. The standard InChI is InChI=1S/C15H21N3O2S/c1-2-3-10-16-17-15(21-7-11(19)20)18(10)14-12-8-4-5-9(6-8)13(12)14/h8-9,12-14H,2-7H2,1H3,(H,19,20). The van der Waals surface area contributed by atoms with Crippen LogP contribution in [0.15, 0.2) is 5.16 Å². The Bertz CT molecular complexity index is 557. The second kappa shape index (κ2) is 5.00. The second-order valence-electron chi connectivity index (χ2n) is 6.68. The summed E-state index contributed by atoms with van der Waals surface area (Å²) in [5.74, 6) is 3.78. The Morgan fingerprint density at radius 2 is 2.05 bits per heavy atom. The first-order valence-corrected chi connectivity index (χ1v) is 8.97. The molecule has 1 heterocycles. The molecule has 0 radical (unpaired) electrons. The van der Waals surface area contributed by atoms with E-state index in [0.717, 1.165) is 47.5 Å². The van der Waals surface area contributed by atoms with Gasteiger partial charge < -0.3 is 9.67 Å². The lowest BCUT2D eigenvalue weighted by molar-refractivity contribution is -0.133. The van der Waals surface area contributed by atoms with E-state index in [1.165, 1.54) is 31.0 Å². The van der Waals surface area contributed by atoms with Gasteiger partial charge in [0.15, 0.2) is 5.16 Å². The molecule has 3 aliphatic rings. The van der Waals surface area contributed by atoms with Gasteiger partial charge in [0.2, 0.25) is 0 Å². The number of thioether (sulfide) groups is 1. The molecular formula is C15H21N3O2S. The van der Waals surface area contributed by atoms with Gasteiger partial charge in [0, 0.05) is 12.5 Å². The summed E-state index contributed by atoms with van der Waals surface area (Å²) < 4.78 is 2.30. The summed E-state index contributed by atoms with van der Waals surface area (Å²) in [7, 11) is 0. The Balaban J connectivity index is 1.60. The molecule has 0 aliphatic heterocycles. The lowest BCUT2D eigenvalue weighted by Gasteiger charge is -2.14. The lowest BCUT2D eigenvalue weighted by Crippen LogP contribution is -2.11. The van der Waals surface area contributed by atoms with Crippen LogP contribution >= 0.6 is 11.8 Å². The minimum absolute atomic E-state index is 0.0686. The van der Waals surface area contributed by atoms with Gasteiger partial charge in [-0.3, -0.25) is 4.79 Å². The van der Waals surface area contributed by atoms with E-state index in [1.807, 2.05) is 0 Å². The third-order valence-electron chi connectivity index (χ3n) is 5.53. The third-order valence-corrected chi connectivity index (χ3v) is 6.45. The first kappa shape index (κ1) is 13.6. The first-order chi connectivity index (χ1) is 10.2. The average molecular weight is 307 g/mol. The SMILES string of the molecule is CCCc1nnc(SCC(=O)O)n1C1C2C3CCC(C3)C21. The van der Waals surface area contributed by atoms with Crippen LogP contribution in [0.5, 0.6) is 0 Å². The maximum absolute atomic E-state index is 10.8. The van der Waals surface area contributed by atoms with Crippen molar-refractivity contribution in [2.75, 3.05) is 5.75 Å². The molecule has 3 aliphatic carbocycles. The smallest absolute Gasteiger partial charge is 0.313 e. The number of hydrogen-bond donors (Lipinski definition) is 1. The number of rotatable bonds is 6. The molecule has 5 nitrogen and oxygen atoms in total. The Kier molecular flexibility index (Phi) is 3.24. The highest BCUT2D eigenvalue weighted by molar-refractivity contribution is 7.99. The number of aromatic nitrogens is 3. The molecule has 4 rings (SSSR count). The van der Waals surface area contributed by atoms with Gasteiger partial charge in [-0.15, -0.1) is 10.2 Å². The summed E-state index contributed by atoms with van der Waals surface area (Å²) in [6, 6.07) is 0.559. The number of hydrogen-bond acceptors (Lipinski definition) is 4. The number of nitrogens with zero attached hydrogens (tertiary/aromatic N) is 3. The summed E-state index contributed by atoms with van der Waals surface area (Å²) >= 11 is 1.32. The molecule has 0 spiro atoms. The second-order valence-corrected chi connectivity index (χ2v) is 7.62. The average Bonchev–Trinajstić information content (AvgIpc) is 2.82. The number of fused-ring (bicyclic) bond motifs is 5. The van der Waals surface area contributed by atoms with Crippen molar-refractivity contribution < 1.29 is 9.90 Å². The van der Waals surface area contributed by atoms with Gasteiger partial charge in [0.05, 0.1) is 5.75 Å². The van der Waals surface area contributed by atoms with E-state index in [9.17, 15) is 4.79 Å². The maximum atomic E-state index is 10.8. The van der Waals surface area contributed by atoms with Gasteiger partial charge in [0.25, 0.3) is 0 Å². The minimum Gasteiger partial charge on any atom is -0.481 e. The zero-order valence-corrected chi connectivity index (χ0v) is 13.1. The van der Waals surface area contributed by atoms with Crippen molar-refractivity contribution in [3.05, 3.63) is 5.82 Å². The molecule has 21 heavy (non-hydrogen) atoms. The zero-order valence-electron chi connectivity index (χ0n) is 12.2. The third kappa shape index (κ3) is 2.10. The quantitative estimate of drug-likeness (QED) is 0.818. The fourth-order valence-electron chi connectivity index (χ4n) is 4.85. The molecule has 6 heteroatoms. The van der Waals surface area contributed by atoms with Crippen molar-refractivity contribution in [1.82, 2.24) is 14.8 Å². The normalized spacial score (nSPS) is 36.0. The number of carboxylic acid groups (broad SMARTS) is 1. The van der Waals surface area contributed by atoms with Crippen molar-refractivity contribution in [2.24, 2.45) is 23.7 Å². The van der Waals surface area contributed by atoms with Crippen LogP contribution in [0.3, 0.4) is 0 Å². The molecule has 4 atom stereocenters. The van der Waals surface area contributed by atoms with E-state index < -0.39 is 5.97 Å². The van der Waals surface area contributed by atoms with Crippen LogP contribution in [0.2, 0.25) is 0 Å². The predicted molar refractivity (Wildman–Crippen MR) is 79.2 cm³/mol. The Labute approximate surface area is 128 Å². The molecule has 114 valence electrons. The van der Waals surface area contributed by atoms with Gasteiger partial charge in [0.1, 0.15) is 5.82 Å². The summed E-state index contributed by atoms with van der Waals surface area (Å²) in [6.07, 6.45) is 6.20. The van der Waals surface area contributed by atoms with Crippen molar-refractivity contribution in [2.45, 2.75) is 50.2 Å². The topological polar surface area (TPSA) is 68.0 Å². The molecule has 3 saturated carbocycles. The van der Waals surface area contributed by atoms with E-state index in [2.05, 4.69) is 21.7 Å². The molecule has 1 N–H and O–H groups in total. The molecule has 1 aromatic heterocycles. The van der Waals surface area contributed by atoms with Gasteiger partial charge in [-0.1, -0.05) is 18.7 Å². The van der Waals surface area contributed by atoms with Crippen molar-refractivity contribution >= 4 is 17.7 Å². The van der Waals surface area contributed by atoms with Crippen LogP contribution in [0, 0.1) is 23.7 Å². The van der Waals surface area contributed by atoms with Crippen molar-refractivity contribution in [1.29, 1.82) is 0 Å². The summed E-state index contributed by atoms with van der Waals surface area (Å²) in [4.78, 5) is 10.8. The lowest BCUT2D eigenvalue weighted by atomic mass is 10.0. The Morgan fingerprint density at radius 1 is 1.33 bits per heavy atom. The molecule has 3 fully saturated rings. The van der Waals surface area contributed by atoms with Crippen LogP contribution in [0.4, 0.5) is 0 Å². The molecule has 0 saturated heterocycles. The number of aryl methyl sites for hydroxylation is 1. The summed E-state index contributed by atoms with van der Waals surface area (Å²) in [6.45, 7) is 2.15. The van der Waals surface area contributed by atoms with Crippen LogP contribution in [-0.2, 0) is 11.2 Å².